The van der Waals surface area contributed by atoms with E-state index in [-0.39, 0.29) is 12.1 Å². The van der Waals surface area contributed by atoms with Crippen LogP contribution < -0.4 is 5.73 Å². The van der Waals surface area contributed by atoms with Gasteiger partial charge in [0.15, 0.2) is 0 Å². The molecule has 2 heterocycles. The van der Waals surface area contributed by atoms with E-state index >= 15 is 0 Å². The molecule has 4 rings (SSSR count). The summed E-state index contributed by atoms with van der Waals surface area (Å²) >= 11 is 0. The third-order valence-electron chi connectivity index (χ3n) is 5.61. The van der Waals surface area contributed by atoms with Crippen molar-refractivity contribution < 1.29 is 5.11 Å². The fourth-order valence-corrected chi connectivity index (χ4v) is 4.04. The van der Waals surface area contributed by atoms with Crippen LogP contribution in [0.25, 0.3) is 22.0 Å². The van der Waals surface area contributed by atoms with Crippen molar-refractivity contribution >= 4 is 16.6 Å². The summed E-state index contributed by atoms with van der Waals surface area (Å²) in [5.74, 6) is 0. The predicted octanol–water partition coefficient (Wildman–Crippen LogP) is 3.86. The van der Waals surface area contributed by atoms with Crippen LogP contribution in [0.1, 0.15) is 42.0 Å². The first kappa shape index (κ1) is 16.6. The molecule has 3 aromatic rings. The Balaban J connectivity index is 2.01. The molecule has 1 aliphatic carbocycles. The molecule has 26 heavy (non-hydrogen) atoms. The van der Waals surface area contributed by atoms with Crippen molar-refractivity contribution in [1.29, 1.82) is 5.26 Å². The fourth-order valence-electron chi connectivity index (χ4n) is 4.04. The zero-order chi connectivity index (χ0) is 18.4. The number of aryl methyl sites for hydroxylation is 1. The van der Waals surface area contributed by atoms with Crippen molar-refractivity contribution in [2.24, 2.45) is 0 Å². The summed E-state index contributed by atoms with van der Waals surface area (Å²) in [6, 6.07) is 6.60. The lowest BCUT2D eigenvalue weighted by molar-refractivity contribution is 0.178. The van der Waals surface area contributed by atoms with Gasteiger partial charge in [-0.3, -0.25) is 4.98 Å². The van der Waals surface area contributed by atoms with Gasteiger partial charge in [0.05, 0.1) is 29.6 Å². The number of nitrogens with zero attached hydrogens (tertiary/aromatic N) is 3. The molecule has 1 aromatic carbocycles. The molecular formula is C21H22N4O. The van der Waals surface area contributed by atoms with E-state index in [1.165, 1.54) is 0 Å². The highest BCUT2D eigenvalue weighted by molar-refractivity contribution is 5.98. The third-order valence-corrected chi connectivity index (χ3v) is 5.61. The van der Waals surface area contributed by atoms with Crippen molar-refractivity contribution in [1.82, 2.24) is 9.55 Å². The minimum atomic E-state index is -0.240. The molecule has 0 bridgehead atoms. The Morgan fingerprint density at radius 2 is 2.04 bits per heavy atom. The van der Waals surface area contributed by atoms with Gasteiger partial charge in [0.25, 0.3) is 0 Å². The topological polar surface area (TPSA) is 87.9 Å². The Bertz CT molecular complexity index is 1040. The first-order valence-corrected chi connectivity index (χ1v) is 8.93. The van der Waals surface area contributed by atoms with E-state index in [9.17, 15) is 10.4 Å². The van der Waals surface area contributed by atoms with E-state index in [0.717, 1.165) is 52.4 Å². The Morgan fingerprint density at radius 3 is 2.73 bits per heavy atom. The summed E-state index contributed by atoms with van der Waals surface area (Å²) in [5, 5.41) is 20.5. The molecule has 1 fully saturated rings. The second-order valence-electron chi connectivity index (χ2n) is 7.27. The second kappa shape index (κ2) is 6.15. The highest BCUT2D eigenvalue weighted by Gasteiger charge is 2.26. The lowest BCUT2D eigenvalue weighted by atomic mass is 9.99. The first-order chi connectivity index (χ1) is 12.5. The van der Waals surface area contributed by atoms with Gasteiger partial charge in [0.2, 0.25) is 0 Å². The van der Waals surface area contributed by atoms with Gasteiger partial charge in [0.1, 0.15) is 0 Å². The predicted molar refractivity (Wildman–Crippen MR) is 103 cm³/mol. The van der Waals surface area contributed by atoms with E-state index in [0.29, 0.717) is 11.3 Å². The number of nitrogen functional groups attached to an aromatic ring is 1. The largest absolute Gasteiger partial charge is 0.397 e. The molecule has 5 nitrogen and oxygen atoms in total. The minimum absolute atomic E-state index is 0.240. The SMILES string of the molecule is Cc1cc2c(cc1C#N)c(-c1cncc(N)c1C)cn2C1CCC(O)C1. The molecule has 0 saturated heterocycles. The van der Waals surface area contributed by atoms with Gasteiger partial charge in [-0.15, -0.1) is 0 Å². The van der Waals surface area contributed by atoms with Crippen LogP contribution in [0.5, 0.6) is 0 Å². The number of pyridine rings is 1. The summed E-state index contributed by atoms with van der Waals surface area (Å²) in [6.07, 6.45) is 7.94. The molecule has 0 radical (unpaired) electrons. The molecule has 132 valence electrons. The number of fused-ring (bicyclic) bond motifs is 1. The summed E-state index contributed by atoms with van der Waals surface area (Å²) in [7, 11) is 0. The van der Waals surface area contributed by atoms with E-state index in [2.05, 4.69) is 27.9 Å². The van der Waals surface area contributed by atoms with E-state index in [1.807, 2.05) is 26.1 Å². The molecule has 2 unspecified atom stereocenters. The maximum Gasteiger partial charge on any atom is 0.0994 e. The lowest BCUT2D eigenvalue weighted by Crippen LogP contribution is -2.06. The lowest BCUT2D eigenvalue weighted by Gasteiger charge is -2.14. The quantitative estimate of drug-likeness (QED) is 0.737. The summed E-state index contributed by atoms with van der Waals surface area (Å²) in [5.41, 5.74) is 12.5. The van der Waals surface area contributed by atoms with Gasteiger partial charge in [-0.05, 0) is 56.4 Å². The normalized spacial score (nSPS) is 19.8. The number of benzene rings is 1. The van der Waals surface area contributed by atoms with Gasteiger partial charge in [-0.1, -0.05) is 0 Å². The molecule has 3 N–H and O–H groups in total. The molecule has 1 saturated carbocycles. The molecule has 1 aliphatic rings. The van der Waals surface area contributed by atoms with E-state index in [1.54, 1.807) is 6.20 Å². The van der Waals surface area contributed by atoms with Crippen molar-refractivity contribution in [3.8, 4) is 17.2 Å². The van der Waals surface area contributed by atoms with E-state index in [4.69, 9.17) is 5.73 Å². The van der Waals surface area contributed by atoms with Crippen LogP contribution in [-0.4, -0.2) is 20.8 Å². The van der Waals surface area contributed by atoms with Crippen LogP contribution in [0.15, 0.2) is 30.7 Å². The minimum Gasteiger partial charge on any atom is -0.397 e. The Morgan fingerprint density at radius 1 is 1.23 bits per heavy atom. The van der Waals surface area contributed by atoms with Crippen LogP contribution in [0, 0.1) is 25.2 Å². The number of anilines is 1. The molecule has 5 heteroatoms. The molecular weight excluding hydrogens is 324 g/mol. The maximum atomic E-state index is 9.99. The zero-order valence-electron chi connectivity index (χ0n) is 15.0. The summed E-state index contributed by atoms with van der Waals surface area (Å²) < 4.78 is 2.26. The standard InChI is InChI=1S/C21H22N4O/c1-12-5-21-17(6-14(12)8-22)19(18-9-24-10-20(23)13(18)2)11-25(21)15-3-4-16(26)7-15/h5-6,9-11,15-16,26H,3-4,7,23H2,1-2H3. The van der Waals surface area contributed by atoms with Crippen LogP contribution in [0.4, 0.5) is 5.69 Å². The van der Waals surface area contributed by atoms with Crippen molar-refractivity contribution in [3.05, 3.63) is 47.4 Å². The first-order valence-electron chi connectivity index (χ1n) is 8.93. The summed E-state index contributed by atoms with van der Waals surface area (Å²) in [4.78, 5) is 4.27. The van der Waals surface area contributed by atoms with Gasteiger partial charge in [0, 0.05) is 40.5 Å². The van der Waals surface area contributed by atoms with Crippen LogP contribution in [0.2, 0.25) is 0 Å². The van der Waals surface area contributed by atoms with Gasteiger partial charge >= 0.3 is 0 Å². The van der Waals surface area contributed by atoms with Crippen LogP contribution >= 0.6 is 0 Å². The number of aliphatic hydroxyl groups excluding tert-OH is 1. The van der Waals surface area contributed by atoms with Gasteiger partial charge in [-0.2, -0.15) is 5.26 Å². The number of hydrogen-bond acceptors (Lipinski definition) is 4. The molecule has 0 aliphatic heterocycles. The van der Waals surface area contributed by atoms with Crippen molar-refractivity contribution in [2.45, 2.75) is 45.3 Å². The maximum absolute atomic E-state index is 9.99. The summed E-state index contributed by atoms with van der Waals surface area (Å²) in [6.45, 7) is 3.96. The molecule has 0 amide bonds. The second-order valence-corrected chi connectivity index (χ2v) is 7.27. The Labute approximate surface area is 152 Å². The highest BCUT2D eigenvalue weighted by Crippen LogP contribution is 2.40. The Kier molecular flexibility index (Phi) is 3.93. The molecule has 2 aromatic heterocycles. The Hall–Kier alpha value is -2.84. The molecule has 2 atom stereocenters. The number of rotatable bonds is 2. The van der Waals surface area contributed by atoms with E-state index < -0.39 is 0 Å². The number of hydrogen-bond donors (Lipinski definition) is 2. The third kappa shape index (κ3) is 2.54. The number of nitriles is 1. The number of aliphatic hydroxyl groups is 1. The smallest absolute Gasteiger partial charge is 0.0994 e. The van der Waals surface area contributed by atoms with Gasteiger partial charge in [-0.25, -0.2) is 0 Å². The highest BCUT2D eigenvalue weighted by atomic mass is 16.3. The average Bonchev–Trinajstić information content (AvgIpc) is 3.20. The molecule has 0 spiro atoms. The van der Waals surface area contributed by atoms with Crippen molar-refractivity contribution in [3.63, 3.8) is 0 Å². The monoisotopic (exact) mass is 346 g/mol. The number of nitrogens with two attached hydrogens (primary N) is 1. The van der Waals surface area contributed by atoms with Gasteiger partial charge < -0.3 is 15.4 Å². The zero-order valence-corrected chi connectivity index (χ0v) is 15.0. The van der Waals surface area contributed by atoms with Crippen LogP contribution in [0.3, 0.4) is 0 Å². The average molecular weight is 346 g/mol. The fraction of sp³-hybridized carbons (Fsp3) is 0.333. The van der Waals surface area contributed by atoms with Crippen LogP contribution in [-0.2, 0) is 0 Å². The van der Waals surface area contributed by atoms with Crippen molar-refractivity contribution in [2.75, 3.05) is 5.73 Å². The number of aromatic nitrogens is 2.